The Bertz CT molecular complexity index is 573. The molecular formula is C22H30O. The van der Waals surface area contributed by atoms with Crippen molar-refractivity contribution in [2.45, 2.75) is 50.9 Å². The molecule has 0 aromatic heterocycles. The maximum atomic E-state index is 5.23. The molecule has 0 saturated carbocycles. The van der Waals surface area contributed by atoms with E-state index in [0.29, 0.717) is 0 Å². The zero-order valence-electron chi connectivity index (χ0n) is 15.0. The van der Waals surface area contributed by atoms with Crippen molar-refractivity contribution in [3.05, 3.63) is 71.8 Å². The topological polar surface area (TPSA) is 9.23 Å². The quantitative estimate of drug-likeness (QED) is 0.565. The van der Waals surface area contributed by atoms with Gasteiger partial charge in [-0.25, -0.2) is 0 Å². The Hall–Kier alpha value is -1.60. The minimum Gasteiger partial charge on any atom is -0.385 e. The van der Waals surface area contributed by atoms with Gasteiger partial charge in [-0.1, -0.05) is 87.9 Å². The summed E-state index contributed by atoms with van der Waals surface area (Å²) in [6, 6.07) is 21.9. The molecule has 0 unspecified atom stereocenters. The van der Waals surface area contributed by atoms with Crippen LogP contribution in [0.2, 0.25) is 0 Å². The van der Waals surface area contributed by atoms with Crippen LogP contribution in [0.15, 0.2) is 60.7 Å². The van der Waals surface area contributed by atoms with Crippen LogP contribution in [-0.2, 0) is 15.6 Å². The van der Waals surface area contributed by atoms with E-state index in [0.717, 1.165) is 19.4 Å². The Morgan fingerprint density at radius 3 is 1.78 bits per heavy atom. The lowest BCUT2D eigenvalue weighted by molar-refractivity contribution is 0.181. The number of benzene rings is 2. The zero-order chi connectivity index (χ0) is 16.8. The predicted molar refractivity (Wildman–Crippen MR) is 99.0 cm³/mol. The molecule has 0 radical (unpaired) electrons. The minimum absolute atomic E-state index is 0.0582. The first-order valence-corrected chi connectivity index (χ1v) is 8.62. The fourth-order valence-electron chi connectivity index (χ4n) is 3.52. The van der Waals surface area contributed by atoms with Gasteiger partial charge in [0.25, 0.3) is 0 Å². The van der Waals surface area contributed by atoms with Crippen LogP contribution in [0.5, 0.6) is 0 Å². The number of ether oxygens (including phenoxy) is 1. The van der Waals surface area contributed by atoms with Crippen molar-refractivity contribution in [3.8, 4) is 0 Å². The van der Waals surface area contributed by atoms with E-state index in [4.69, 9.17) is 4.74 Å². The summed E-state index contributed by atoms with van der Waals surface area (Å²) < 4.78 is 5.23. The smallest absolute Gasteiger partial charge is 0.0462 e. The highest BCUT2D eigenvalue weighted by Crippen LogP contribution is 2.47. The summed E-state index contributed by atoms with van der Waals surface area (Å²) in [7, 11) is 1.78. The Kier molecular flexibility index (Phi) is 6.01. The molecule has 0 spiro atoms. The van der Waals surface area contributed by atoms with Crippen molar-refractivity contribution in [1.29, 1.82) is 0 Å². The normalized spacial score (nSPS) is 14.4. The van der Waals surface area contributed by atoms with Crippen molar-refractivity contribution in [1.82, 2.24) is 0 Å². The summed E-state index contributed by atoms with van der Waals surface area (Å²) in [5.74, 6) is 0. The molecule has 0 saturated heterocycles. The second kappa shape index (κ2) is 7.79. The van der Waals surface area contributed by atoms with Crippen molar-refractivity contribution in [3.63, 3.8) is 0 Å². The average Bonchev–Trinajstić information content (AvgIpc) is 2.60. The van der Waals surface area contributed by atoms with Crippen LogP contribution in [0.1, 0.15) is 51.2 Å². The number of methoxy groups -OCH3 is 1. The van der Waals surface area contributed by atoms with Gasteiger partial charge in [-0.2, -0.15) is 0 Å². The van der Waals surface area contributed by atoms with Crippen LogP contribution in [0.3, 0.4) is 0 Å². The molecule has 0 aliphatic carbocycles. The SMILES string of the molecule is COCCCC[C@](C)(c1ccccc1)C(C)(C)c1ccccc1. The molecule has 2 aromatic carbocycles. The third-order valence-electron chi connectivity index (χ3n) is 5.56. The molecule has 2 aromatic rings. The third-order valence-corrected chi connectivity index (χ3v) is 5.56. The Morgan fingerprint density at radius 2 is 1.26 bits per heavy atom. The van der Waals surface area contributed by atoms with Crippen molar-refractivity contribution < 1.29 is 4.74 Å². The van der Waals surface area contributed by atoms with Crippen LogP contribution < -0.4 is 0 Å². The fourth-order valence-corrected chi connectivity index (χ4v) is 3.52. The largest absolute Gasteiger partial charge is 0.385 e. The maximum absolute atomic E-state index is 5.23. The van der Waals surface area contributed by atoms with Gasteiger partial charge in [-0.05, 0) is 29.4 Å². The fraction of sp³-hybridized carbons (Fsp3) is 0.455. The Balaban J connectivity index is 2.36. The van der Waals surface area contributed by atoms with Gasteiger partial charge in [0.2, 0.25) is 0 Å². The van der Waals surface area contributed by atoms with E-state index in [1.54, 1.807) is 7.11 Å². The van der Waals surface area contributed by atoms with Gasteiger partial charge < -0.3 is 4.74 Å². The van der Waals surface area contributed by atoms with Gasteiger partial charge >= 0.3 is 0 Å². The van der Waals surface area contributed by atoms with Gasteiger partial charge in [-0.15, -0.1) is 0 Å². The van der Waals surface area contributed by atoms with E-state index < -0.39 is 0 Å². The number of hydrogen-bond donors (Lipinski definition) is 0. The molecule has 1 nitrogen and oxygen atoms in total. The van der Waals surface area contributed by atoms with E-state index in [1.165, 1.54) is 17.5 Å². The lowest BCUT2D eigenvalue weighted by Gasteiger charge is -2.46. The molecule has 0 fully saturated rings. The summed E-state index contributed by atoms with van der Waals surface area (Å²) in [5, 5.41) is 0. The highest BCUT2D eigenvalue weighted by Gasteiger charge is 2.42. The molecule has 0 amide bonds. The van der Waals surface area contributed by atoms with Gasteiger partial charge in [0.15, 0.2) is 0 Å². The Morgan fingerprint density at radius 1 is 0.739 bits per heavy atom. The van der Waals surface area contributed by atoms with E-state index >= 15 is 0 Å². The van der Waals surface area contributed by atoms with Gasteiger partial charge in [0.05, 0.1) is 0 Å². The molecule has 124 valence electrons. The molecular weight excluding hydrogens is 280 g/mol. The first kappa shape index (κ1) is 17.7. The highest BCUT2D eigenvalue weighted by molar-refractivity contribution is 5.36. The van der Waals surface area contributed by atoms with Gasteiger partial charge in [-0.3, -0.25) is 0 Å². The molecule has 1 atom stereocenters. The standard InChI is InChI=1S/C22H30O/c1-21(2,19-13-7-5-8-14-19)22(3,17-11-12-18-23-4)20-15-9-6-10-16-20/h5-10,13-16H,11-12,17-18H2,1-4H3/t22-/m1/s1. The Labute approximate surface area is 141 Å². The lowest BCUT2D eigenvalue weighted by atomic mass is 9.58. The maximum Gasteiger partial charge on any atom is 0.0462 e. The average molecular weight is 310 g/mol. The highest BCUT2D eigenvalue weighted by atomic mass is 16.5. The summed E-state index contributed by atoms with van der Waals surface area (Å²) in [6.07, 6.45) is 3.45. The second-order valence-corrected chi connectivity index (χ2v) is 7.14. The first-order valence-electron chi connectivity index (χ1n) is 8.62. The number of rotatable bonds is 8. The second-order valence-electron chi connectivity index (χ2n) is 7.14. The monoisotopic (exact) mass is 310 g/mol. The summed E-state index contributed by atoms with van der Waals surface area (Å²) in [4.78, 5) is 0. The van der Waals surface area contributed by atoms with E-state index in [1.807, 2.05) is 0 Å². The lowest BCUT2D eigenvalue weighted by Crippen LogP contribution is -2.43. The third kappa shape index (κ3) is 3.84. The van der Waals surface area contributed by atoms with Crippen LogP contribution in [-0.4, -0.2) is 13.7 Å². The van der Waals surface area contributed by atoms with E-state index in [-0.39, 0.29) is 10.8 Å². The van der Waals surface area contributed by atoms with Crippen LogP contribution in [0.4, 0.5) is 0 Å². The summed E-state index contributed by atoms with van der Waals surface area (Å²) in [6.45, 7) is 8.02. The number of unbranched alkanes of at least 4 members (excludes halogenated alkanes) is 1. The van der Waals surface area contributed by atoms with Crippen LogP contribution >= 0.6 is 0 Å². The molecule has 0 heterocycles. The molecule has 2 rings (SSSR count). The molecule has 0 bridgehead atoms. The first-order chi connectivity index (χ1) is 11.0. The van der Waals surface area contributed by atoms with E-state index in [9.17, 15) is 0 Å². The van der Waals surface area contributed by atoms with Crippen molar-refractivity contribution >= 4 is 0 Å². The van der Waals surface area contributed by atoms with Gasteiger partial charge in [0.1, 0.15) is 0 Å². The molecule has 0 N–H and O–H groups in total. The summed E-state index contributed by atoms with van der Waals surface area (Å²) >= 11 is 0. The predicted octanol–water partition coefficient (Wildman–Crippen LogP) is 5.74. The van der Waals surface area contributed by atoms with Crippen LogP contribution in [0, 0.1) is 0 Å². The molecule has 0 aliphatic heterocycles. The minimum atomic E-state index is 0.0582. The zero-order valence-corrected chi connectivity index (χ0v) is 15.0. The molecule has 23 heavy (non-hydrogen) atoms. The molecule has 0 aliphatic rings. The van der Waals surface area contributed by atoms with Crippen molar-refractivity contribution in [2.24, 2.45) is 0 Å². The van der Waals surface area contributed by atoms with Gasteiger partial charge in [0, 0.05) is 19.1 Å². The number of hydrogen-bond acceptors (Lipinski definition) is 1. The van der Waals surface area contributed by atoms with E-state index in [2.05, 4.69) is 81.4 Å². The molecule has 1 heteroatoms. The summed E-state index contributed by atoms with van der Waals surface area (Å²) in [5.41, 5.74) is 2.97. The van der Waals surface area contributed by atoms with Crippen molar-refractivity contribution in [2.75, 3.05) is 13.7 Å². The van der Waals surface area contributed by atoms with Crippen LogP contribution in [0.25, 0.3) is 0 Å².